The first-order chi connectivity index (χ1) is 10.4. The third kappa shape index (κ3) is 4.06. The molecule has 6 heteroatoms. The molecule has 1 saturated heterocycles. The van der Waals surface area contributed by atoms with Crippen LogP contribution in [0.2, 0.25) is 0 Å². The van der Waals surface area contributed by atoms with E-state index in [4.69, 9.17) is 4.74 Å². The van der Waals surface area contributed by atoms with Gasteiger partial charge in [-0.2, -0.15) is 0 Å². The average Bonchev–Trinajstić information content (AvgIpc) is 3.05. The lowest BCUT2D eigenvalue weighted by atomic mass is 10.1. The Balaban J connectivity index is 1.93. The highest BCUT2D eigenvalue weighted by atomic mass is 32.1. The van der Waals surface area contributed by atoms with E-state index >= 15 is 0 Å². The van der Waals surface area contributed by atoms with Gasteiger partial charge in [0.2, 0.25) is 5.91 Å². The first-order valence-electron chi connectivity index (χ1n) is 7.92. The summed E-state index contributed by atoms with van der Waals surface area (Å²) in [7, 11) is 4.16. The molecule has 1 fully saturated rings. The van der Waals surface area contributed by atoms with Crippen LogP contribution in [-0.4, -0.2) is 60.5 Å². The van der Waals surface area contributed by atoms with Crippen LogP contribution in [0.4, 0.5) is 0 Å². The van der Waals surface area contributed by atoms with Gasteiger partial charge in [-0.3, -0.25) is 4.79 Å². The molecule has 0 spiro atoms. The van der Waals surface area contributed by atoms with Gasteiger partial charge in [0.15, 0.2) is 0 Å². The second-order valence-corrected chi connectivity index (χ2v) is 7.15. The quantitative estimate of drug-likeness (QED) is 0.804. The fourth-order valence-corrected chi connectivity index (χ4v) is 3.83. The van der Waals surface area contributed by atoms with E-state index in [0.717, 1.165) is 23.8 Å². The van der Waals surface area contributed by atoms with Crippen LogP contribution in [0.15, 0.2) is 5.38 Å². The van der Waals surface area contributed by atoms with Crippen molar-refractivity contribution in [1.29, 1.82) is 0 Å². The molecule has 1 aliphatic heterocycles. The summed E-state index contributed by atoms with van der Waals surface area (Å²) < 4.78 is 5.55. The summed E-state index contributed by atoms with van der Waals surface area (Å²) in [5.74, 6) is 0.694. The first kappa shape index (κ1) is 17.4. The minimum absolute atomic E-state index is 0.00350. The van der Waals surface area contributed by atoms with Crippen molar-refractivity contribution < 1.29 is 9.53 Å². The van der Waals surface area contributed by atoms with Crippen LogP contribution in [-0.2, 0) is 16.0 Å². The second-order valence-electron chi connectivity index (χ2n) is 6.26. The molecule has 2 rings (SSSR count). The van der Waals surface area contributed by atoms with E-state index in [2.05, 4.69) is 30.9 Å². The molecule has 0 saturated carbocycles. The Bertz CT molecular complexity index is 503. The van der Waals surface area contributed by atoms with Gasteiger partial charge in [-0.1, -0.05) is 6.92 Å². The van der Waals surface area contributed by atoms with Crippen LogP contribution < -0.4 is 0 Å². The van der Waals surface area contributed by atoms with Crippen LogP contribution in [0.5, 0.6) is 0 Å². The molecule has 2 heterocycles. The largest absolute Gasteiger partial charge is 0.372 e. The van der Waals surface area contributed by atoms with Gasteiger partial charge in [0, 0.05) is 31.1 Å². The van der Waals surface area contributed by atoms with E-state index in [-0.39, 0.29) is 12.0 Å². The predicted octanol–water partition coefficient (Wildman–Crippen LogP) is 2.19. The smallest absolute Gasteiger partial charge is 0.228 e. The first-order valence-corrected chi connectivity index (χ1v) is 8.80. The Morgan fingerprint density at radius 1 is 1.55 bits per heavy atom. The fraction of sp³-hybridized carbons (Fsp3) is 0.750. The predicted molar refractivity (Wildman–Crippen MR) is 89.1 cm³/mol. The highest BCUT2D eigenvalue weighted by Crippen LogP contribution is 2.23. The SMILES string of the molecule is CCOC(C)c1nc(CC(=O)N2CC(C)C(N(C)C)C2)cs1. The zero-order valence-electron chi connectivity index (χ0n) is 14.2. The van der Waals surface area contributed by atoms with Gasteiger partial charge >= 0.3 is 0 Å². The van der Waals surface area contributed by atoms with Gasteiger partial charge in [0.25, 0.3) is 0 Å². The van der Waals surface area contributed by atoms with Gasteiger partial charge in [-0.15, -0.1) is 11.3 Å². The van der Waals surface area contributed by atoms with Crippen LogP contribution in [0.1, 0.15) is 37.6 Å². The molecular formula is C16H27N3O2S. The Morgan fingerprint density at radius 3 is 2.86 bits per heavy atom. The summed E-state index contributed by atoms with van der Waals surface area (Å²) in [6.07, 6.45) is 0.395. The minimum atomic E-state index is 0.00350. The maximum absolute atomic E-state index is 12.5. The summed E-state index contributed by atoms with van der Waals surface area (Å²) in [6, 6.07) is 0.452. The molecule has 124 valence electrons. The van der Waals surface area contributed by atoms with Crippen LogP contribution in [0.3, 0.4) is 0 Å². The average molecular weight is 325 g/mol. The topological polar surface area (TPSA) is 45.7 Å². The monoisotopic (exact) mass is 325 g/mol. The summed E-state index contributed by atoms with van der Waals surface area (Å²) in [5, 5.41) is 2.93. The fourth-order valence-electron chi connectivity index (χ4n) is 3.00. The Labute approximate surface area is 137 Å². The van der Waals surface area contributed by atoms with E-state index < -0.39 is 0 Å². The molecule has 3 atom stereocenters. The third-order valence-electron chi connectivity index (χ3n) is 4.25. The number of carbonyl (C=O) groups is 1. The Hall–Kier alpha value is -0.980. The van der Waals surface area contributed by atoms with Crippen LogP contribution in [0, 0.1) is 5.92 Å². The number of ether oxygens (including phenoxy) is 1. The standard InChI is InChI=1S/C16H27N3O2S/c1-6-21-12(3)16-17-13(10-22-16)7-15(20)19-8-11(2)14(9-19)18(4)5/h10-12,14H,6-9H2,1-5H3. The molecule has 1 aliphatic rings. The number of amides is 1. The van der Waals surface area contributed by atoms with Crippen molar-refractivity contribution in [3.63, 3.8) is 0 Å². The lowest BCUT2D eigenvalue weighted by Gasteiger charge is -2.22. The summed E-state index contributed by atoms with van der Waals surface area (Å²) >= 11 is 1.57. The molecule has 0 aliphatic carbocycles. The third-order valence-corrected chi connectivity index (χ3v) is 5.31. The number of aromatic nitrogens is 1. The number of likely N-dealkylation sites (tertiary alicyclic amines) is 1. The molecule has 22 heavy (non-hydrogen) atoms. The van der Waals surface area contributed by atoms with E-state index in [1.165, 1.54) is 0 Å². The summed E-state index contributed by atoms with van der Waals surface area (Å²) in [6.45, 7) is 8.52. The maximum Gasteiger partial charge on any atom is 0.228 e. The van der Waals surface area contributed by atoms with Gasteiger partial charge in [-0.05, 0) is 33.9 Å². The summed E-state index contributed by atoms with van der Waals surface area (Å²) in [4.78, 5) is 21.2. The van der Waals surface area contributed by atoms with Crippen molar-refractivity contribution in [1.82, 2.24) is 14.8 Å². The van der Waals surface area contributed by atoms with Crippen molar-refractivity contribution >= 4 is 17.2 Å². The number of hydrogen-bond acceptors (Lipinski definition) is 5. The second kappa shape index (κ2) is 7.53. The minimum Gasteiger partial charge on any atom is -0.372 e. The zero-order chi connectivity index (χ0) is 16.3. The molecule has 1 aromatic heterocycles. The highest BCUT2D eigenvalue weighted by molar-refractivity contribution is 7.09. The number of thiazole rings is 1. The van der Waals surface area contributed by atoms with Crippen molar-refractivity contribution in [2.75, 3.05) is 33.8 Å². The van der Waals surface area contributed by atoms with Gasteiger partial charge in [0.05, 0.1) is 12.1 Å². The lowest BCUT2D eigenvalue weighted by Crippen LogP contribution is -2.36. The molecule has 5 nitrogen and oxygen atoms in total. The van der Waals surface area contributed by atoms with Crippen molar-refractivity contribution in [3.8, 4) is 0 Å². The van der Waals surface area contributed by atoms with Gasteiger partial charge < -0.3 is 14.5 Å². The zero-order valence-corrected chi connectivity index (χ0v) is 15.0. The van der Waals surface area contributed by atoms with Gasteiger partial charge in [-0.25, -0.2) is 4.98 Å². The van der Waals surface area contributed by atoms with Crippen LogP contribution in [0.25, 0.3) is 0 Å². The molecular weight excluding hydrogens is 298 g/mol. The number of nitrogens with zero attached hydrogens (tertiary/aromatic N) is 3. The van der Waals surface area contributed by atoms with E-state index in [9.17, 15) is 4.79 Å². The van der Waals surface area contributed by atoms with Crippen molar-refractivity contribution in [2.45, 2.75) is 39.3 Å². The number of rotatable bonds is 6. The highest BCUT2D eigenvalue weighted by Gasteiger charge is 2.33. The molecule has 0 N–H and O–H groups in total. The number of likely N-dealkylation sites (N-methyl/N-ethyl adjacent to an activating group) is 1. The summed E-state index contributed by atoms with van der Waals surface area (Å²) in [5.41, 5.74) is 0.859. The number of carbonyl (C=O) groups excluding carboxylic acids is 1. The van der Waals surface area contributed by atoms with Crippen molar-refractivity contribution in [2.24, 2.45) is 5.92 Å². The van der Waals surface area contributed by atoms with Crippen molar-refractivity contribution in [3.05, 3.63) is 16.1 Å². The molecule has 0 aromatic carbocycles. The van der Waals surface area contributed by atoms with E-state index in [1.807, 2.05) is 24.1 Å². The lowest BCUT2D eigenvalue weighted by molar-refractivity contribution is -0.129. The Morgan fingerprint density at radius 2 is 2.27 bits per heavy atom. The Kier molecular flexibility index (Phi) is 5.94. The maximum atomic E-state index is 12.5. The normalized spacial score (nSPS) is 23.3. The van der Waals surface area contributed by atoms with Crippen LogP contribution >= 0.6 is 11.3 Å². The number of hydrogen-bond donors (Lipinski definition) is 0. The molecule has 3 unspecified atom stereocenters. The molecule has 1 aromatic rings. The van der Waals surface area contributed by atoms with Gasteiger partial charge in [0.1, 0.15) is 11.1 Å². The molecule has 1 amide bonds. The molecule has 0 bridgehead atoms. The molecule has 0 radical (unpaired) electrons. The van der Waals surface area contributed by atoms with E-state index in [0.29, 0.717) is 25.0 Å². The van der Waals surface area contributed by atoms with E-state index in [1.54, 1.807) is 11.3 Å².